The van der Waals surface area contributed by atoms with Crippen molar-refractivity contribution in [2.75, 3.05) is 13.1 Å². The van der Waals surface area contributed by atoms with Crippen LogP contribution < -0.4 is 11.4 Å². The Bertz CT molecular complexity index is 1240. The minimum atomic E-state index is -0.541. The third-order valence-corrected chi connectivity index (χ3v) is 6.13. The van der Waals surface area contributed by atoms with Crippen LogP contribution in [0.4, 0.5) is 0 Å². The van der Waals surface area contributed by atoms with Crippen LogP contribution in [0.5, 0.6) is 0 Å². The van der Waals surface area contributed by atoms with E-state index in [-0.39, 0.29) is 17.5 Å². The number of amides is 2. The molecule has 1 fully saturated rings. The second-order valence-electron chi connectivity index (χ2n) is 8.14. The summed E-state index contributed by atoms with van der Waals surface area (Å²) in [7, 11) is 3.51. The van der Waals surface area contributed by atoms with Gasteiger partial charge in [0, 0.05) is 45.7 Å². The molecule has 1 atom stereocenters. The van der Waals surface area contributed by atoms with E-state index in [0.717, 1.165) is 23.0 Å². The van der Waals surface area contributed by atoms with Crippen molar-refractivity contribution in [2.24, 2.45) is 19.8 Å². The lowest BCUT2D eigenvalue weighted by atomic mass is 10.1. The number of likely N-dealkylation sites (tertiary alicyclic amines) is 1. The second kappa shape index (κ2) is 7.98. The molecule has 0 saturated carbocycles. The van der Waals surface area contributed by atoms with E-state index in [4.69, 9.17) is 5.73 Å². The fourth-order valence-corrected chi connectivity index (χ4v) is 4.24. The SMILES string of the molecule is Cc1nc([C@@H]2CCN(C(=O)CCc3ccc4c(c3)n(C)c(=O)n4C)C2)ncc1C(N)=O. The number of rotatable bonds is 5. The van der Waals surface area contributed by atoms with Gasteiger partial charge in [0.15, 0.2) is 0 Å². The average molecular weight is 422 g/mol. The van der Waals surface area contributed by atoms with Crippen molar-refractivity contribution in [2.45, 2.75) is 32.1 Å². The lowest BCUT2D eigenvalue weighted by molar-refractivity contribution is -0.130. The number of carbonyl (C=O) groups is 2. The summed E-state index contributed by atoms with van der Waals surface area (Å²) in [5.41, 5.74) is 8.91. The molecule has 162 valence electrons. The molecule has 1 aromatic carbocycles. The van der Waals surface area contributed by atoms with Gasteiger partial charge in [0.1, 0.15) is 5.82 Å². The molecule has 3 heterocycles. The molecule has 9 heteroatoms. The lowest BCUT2D eigenvalue weighted by Crippen LogP contribution is -2.28. The summed E-state index contributed by atoms with van der Waals surface area (Å²) < 4.78 is 3.24. The topological polar surface area (TPSA) is 116 Å². The predicted octanol–water partition coefficient (Wildman–Crippen LogP) is 1.02. The minimum absolute atomic E-state index is 0.0553. The maximum atomic E-state index is 12.8. The van der Waals surface area contributed by atoms with Crippen LogP contribution in [0.2, 0.25) is 0 Å². The monoisotopic (exact) mass is 422 g/mol. The van der Waals surface area contributed by atoms with Gasteiger partial charge in [0.2, 0.25) is 5.91 Å². The van der Waals surface area contributed by atoms with Crippen LogP contribution in [-0.4, -0.2) is 48.9 Å². The van der Waals surface area contributed by atoms with Crippen molar-refractivity contribution in [1.82, 2.24) is 24.0 Å². The number of aromatic nitrogens is 4. The fraction of sp³-hybridized carbons (Fsp3) is 0.409. The van der Waals surface area contributed by atoms with E-state index in [1.54, 1.807) is 30.2 Å². The van der Waals surface area contributed by atoms with E-state index in [1.165, 1.54) is 6.20 Å². The van der Waals surface area contributed by atoms with Crippen LogP contribution >= 0.6 is 0 Å². The molecule has 1 aliphatic rings. The van der Waals surface area contributed by atoms with Gasteiger partial charge in [-0.3, -0.25) is 18.7 Å². The molecule has 3 aromatic rings. The average Bonchev–Trinajstić information content (AvgIpc) is 3.32. The number of nitrogens with two attached hydrogens (primary N) is 1. The Kier molecular flexibility index (Phi) is 5.34. The number of imidazole rings is 1. The Morgan fingerprint density at radius 2 is 1.94 bits per heavy atom. The highest BCUT2D eigenvalue weighted by Crippen LogP contribution is 2.26. The molecule has 0 aliphatic carbocycles. The van der Waals surface area contributed by atoms with E-state index >= 15 is 0 Å². The quantitative estimate of drug-likeness (QED) is 0.659. The number of hydrogen-bond acceptors (Lipinski definition) is 5. The molecule has 0 bridgehead atoms. The molecule has 0 spiro atoms. The third-order valence-electron chi connectivity index (χ3n) is 6.13. The van der Waals surface area contributed by atoms with Gasteiger partial charge in [0.05, 0.1) is 22.3 Å². The highest BCUT2D eigenvalue weighted by molar-refractivity contribution is 5.93. The second-order valence-corrected chi connectivity index (χ2v) is 8.14. The number of aryl methyl sites for hydroxylation is 4. The van der Waals surface area contributed by atoms with Gasteiger partial charge < -0.3 is 10.6 Å². The normalized spacial score (nSPS) is 16.2. The van der Waals surface area contributed by atoms with Crippen LogP contribution in [0.1, 0.15) is 46.2 Å². The smallest absolute Gasteiger partial charge is 0.328 e. The molecule has 31 heavy (non-hydrogen) atoms. The molecule has 2 aromatic heterocycles. The zero-order valence-electron chi connectivity index (χ0n) is 18.0. The van der Waals surface area contributed by atoms with Crippen LogP contribution in [0.25, 0.3) is 11.0 Å². The minimum Gasteiger partial charge on any atom is -0.365 e. The summed E-state index contributed by atoms with van der Waals surface area (Å²) in [5.74, 6) is 0.254. The first kappa shape index (κ1) is 20.8. The Morgan fingerprint density at radius 1 is 1.19 bits per heavy atom. The van der Waals surface area contributed by atoms with Crippen molar-refractivity contribution in [1.29, 1.82) is 0 Å². The van der Waals surface area contributed by atoms with Crippen molar-refractivity contribution < 1.29 is 9.59 Å². The Balaban J connectivity index is 1.39. The standard InChI is InChI=1S/C22H26N6O3/c1-13-16(20(23)30)11-24-21(25-13)15-8-9-28(12-15)19(29)7-5-14-4-6-17-18(10-14)27(3)22(31)26(17)2/h4,6,10-11,15H,5,7-9,12H2,1-3H3,(H2,23,30)/t15-/m1/s1. The van der Waals surface area contributed by atoms with E-state index in [0.29, 0.717) is 43.0 Å². The highest BCUT2D eigenvalue weighted by Gasteiger charge is 2.29. The van der Waals surface area contributed by atoms with Gasteiger partial charge in [0.25, 0.3) is 5.91 Å². The van der Waals surface area contributed by atoms with Crippen molar-refractivity contribution >= 4 is 22.8 Å². The summed E-state index contributed by atoms with van der Waals surface area (Å²) in [6.45, 7) is 2.97. The maximum absolute atomic E-state index is 12.8. The Hall–Kier alpha value is -3.49. The van der Waals surface area contributed by atoms with Gasteiger partial charge in [-0.25, -0.2) is 14.8 Å². The lowest BCUT2D eigenvalue weighted by Gasteiger charge is -2.16. The highest BCUT2D eigenvalue weighted by atomic mass is 16.2. The summed E-state index contributed by atoms with van der Waals surface area (Å²) in [6.07, 6.45) is 3.28. The molecule has 0 unspecified atom stereocenters. The molecule has 9 nitrogen and oxygen atoms in total. The zero-order chi connectivity index (χ0) is 22.3. The van der Waals surface area contributed by atoms with Gasteiger partial charge in [-0.15, -0.1) is 0 Å². The molecule has 1 saturated heterocycles. The van der Waals surface area contributed by atoms with Crippen LogP contribution in [0.3, 0.4) is 0 Å². The van der Waals surface area contributed by atoms with E-state index in [2.05, 4.69) is 9.97 Å². The van der Waals surface area contributed by atoms with E-state index in [1.807, 2.05) is 23.1 Å². The molecule has 4 rings (SSSR count). The number of primary amides is 1. The summed E-state index contributed by atoms with van der Waals surface area (Å²) in [4.78, 5) is 46.8. The maximum Gasteiger partial charge on any atom is 0.328 e. The van der Waals surface area contributed by atoms with Gasteiger partial charge in [-0.1, -0.05) is 6.07 Å². The molecular weight excluding hydrogens is 396 g/mol. The van der Waals surface area contributed by atoms with E-state index < -0.39 is 5.91 Å². The van der Waals surface area contributed by atoms with Crippen LogP contribution in [0.15, 0.2) is 29.2 Å². The third kappa shape index (κ3) is 3.83. The molecule has 2 N–H and O–H groups in total. The molecule has 2 amide bonds. The molecule has 1 aliphatic heterocycles. The number of nitrogens with zero attached hydrogens (tertiary/aromatic N) is 5. The van der Waals surface area contributed by atoms with Crippen molar-refractivity contribution in [3.63, 3.8) is 0 Å². The Morgan fingerprint density at radius 3 is 2.65 bits per heavy atom. The largest absolute Gasteiger partial charge is 0.365 e. The first-order valence-corrected chi connectivity index (χ1v) is 10.3. The predicted molar refractivity (Wildman–Crippen MR) is 116 cm³/mol. The first-order chi connectivity index (χ1) is 14.8. The van der Waals surface area contributed by atoms with Crippen molar-refractivity contribution in [3.8, 4) is 0 Å². The summed E-state index contributed by atoms with van der Waals surface area (Å²) in [5, 5.41) is 0. The van der Waals surface area contributed by atoms with Gasteiger partial charge in [-0.05, 0) is 37.5 Å². The summed E-state index contributed by atoms with van der Waals surface area (Å²) in [6, 6.07) is 5.88. The van der Waals surface area contributed by atoms with Crippen LogP contribution in [-0.2, 0) is 25.3 Å². The molecular formula is C22H26N6O3. The van der Waals surface area contributed by atoms with Gasteiger partial charge >= 0.3 is 5.69 Å². The zero-order valence-corrected chi connectivity index (χ0v) is 18.0. The van der Waals surface area contributed by atoms with Crippen LogP contribution in [0, 0.1) is 6.92 Å². The first-order valence-electron chi connectivity index (χ1n) is 10.3. The van der Waals surface area contributed by atoms with E-state index in [9.17, 15) is 14.4 Å². The molecule has 0 radical (unpaired) electrons. The number of benzene rings is 1. The number of fused-ring (bicyclic) bond motifs is 1. The van der Waals surface area contributed by atoms with Gasteiger partial charge in [-0.2, -0.15) is 0 Å². The number of carbonyl (C=O) groups excluding carboxylic acids is 2. The van der Waals surface area contributed by atoms with Crippen molar-refractivity contribution in [3.05, 3.63) is 57.5 Å². The number of hydrogen-bond donors (Lipinski definition) is 1. The fourth-order valence-electron chi connectivity index (χ4n) is 4.24. The summed E-state index contributed by atoms with van der Waals surface area (Å²) >= 11 is 0. The Labute approximate surface area is 179 Å².